The average Bonchev–Trinajstić information content (AvgIpc) is 2.78. The van der Waals surface area contributed by atoms with Crippen LogP contribution in [0.25, 0.3) is 0 Å². The summed E-state index contributed by atoms with van der Waals surface area (Å²) in [6.07, 6.45) is 4.00. The van der Waals surface area contributed by atoms with Crippen LogP contribution in [-0.4, -0.2) is 70.6 Å². The zero-order valence-electron chi connectivity index (χ0n) is 15.5. The van der Waals surface area contributed by atoms with Crippen LogP contribution in [-0.2, 0) is 19.1 Å². The monoisotopic (exact) mass is 354 g/mol. The lowest BCUT2D eigenvalue weighted by Crippen LogP contribution is -2.44. The maximum atomic E-state index is 12.3. The molecule has 0 spiro atoms. The van der Waals surface area contributed by atoms with E-state index in [-0.39, 0.29) is 5.92 Å². The van der Waals surface area contributed by atoms with Gasteiger partial charge in [-0.25, -0.2) is 4.79 Å². The highest BCUT2D eigenvalue weighted by atomic mass is 16.6. The second kappa shape index (κ2) is 8.17. The van der Waals surface area contributed by atoms with Gasteiger partial charge in [0.2, 0.25) is 0 Å². The summed E-state index contributed by atoms with van der Waals surface area (Å²) in [7, 11) is 0. The fourth-order valence-electron chi connectivity index (χ4n) is 3.61. The number of hydrogen-bond donors (Lipinski definition) is 1. The molecule has 0 aromatic heterocycles. The number of esters is 1. The van der Waals surface area contributed by atoms with Gasteiger partial charge in [-0.15, -0.1) is 0 Å². The van der Waals surface area contributed by atoms with Crippen molar-refractivity contribution in [2.24, 2.45) is 5.92 Å². The van der Waals surface area contributed by atoms with Crippen molar-refractivity contribution in [3.05, 3.63) is 0 Å². The summed E-state index contributed by atoms with van der Waals surface area (Å²) in [4.78, 5) is 39.3. The SMILES string of the molecule is CC(C)(C)OC(=O)C(=O)N1CCC[C@H](N2CCC(C(=O)O)CC2)CC1. The van der Waals surface area contributed by atoms with Gasteiger partial charge < -0.3 is 19.6 Å². The van der Waals surface area contributed by atoms with Gasteiger partial charge in [0, 0.05) is 19.1 Å². The van der Waals surface area contributed by atoms with Crippen LogP contribution in [0.5, 0.6) is 0 Å². The first-order valence-corrected chi connectivity index (χ1v) is 9.16. The van der Waals surface area contributed by atoms with Crippen LogP contribution in [0.3, 0.4) is 0 Å². The Morgan fingerprint density at radius 1 is 0.960 bits per heavy atom. The molecule has 1 N–H and O–H groups in total. The maximum absolute atomic E-state index is 12.3. The van der Waals surface area contributed by atoms with Crippen molar-refractivity contribution in [2.75, 3.05) is 26.2 Å². The molecule has 0 aliphatic carbocycles. The summed E-state index contributed by atoms with van der Waals surface area (Å²) in [5.74, 6) is -2.27. The summed E-state index contributed by atoms with van der Waals surface area (Å²) in [6.45, 7) is 7.94. The molecule has 2 aliphatic heterocycles. The fourth-order valence-corrected chi connectivity index (χ4v) is 3.61. The third-order valence-electron chi connectivity index (χ3n) is 4.95. The number of piperidine rings is 1. The quantitative estimate of drug-likeness (QED) is 0.597. The molecule has 2 fully saturated rings. The van der Waals surface area contributed by atoms with Crippen LogP contribution in [0.2, 0.25) is 0 Å². The number of carboxylic acid groups (broad SMARTS) is 1. The minimum atomic E-state index is -0.784. The molecule has 2 heterocycles. The van der Waals surface area contributed by atoms with Crippen LogP contribution in [0, 0.1) is 5.92 Å². The summed E-state index contributed by atoms with van der Waals surface area (Å²) in [5, 5.41) is 9.10. The molecule has 0 radical (unpaired) electrons. The maximum Gasteiger partial charge on any atom is 0.397 e. The summed E-state index contributed by atoms with van der Waals surface area (Å²) < 4.78 is 5.17. The van der Waals surface area contributed by atoms with Gasteiger partial charge in [-0.2, -0.15) is 0 Å². The fraction of sp³-hybridized carbons (Fsp3) is 0.833. The third kappa shape index (κ3) is 5.70. The Kier molecular flexibility index (Phi) is 6.43. The Labute approximate surface area is 149 Å². The Hall–Kier alpha value is -1.63. The molecule has 142 valence electrons. The van der Waals surface area contributed by atoms with Gasteiger partial charge in [0.15, 0.2) is 0 Å². The number of amides is 1. The number of rotatable bonds is 2. The van der Waals surface area contributed by atoms with Crippen molar-refractivity contribution in [1.29, 1.82) is 0 Å². The second-order valence-electron chi connectivity index (χ2n) is 8.03. The zero-order valence-corrected chi connectivity index (χ0v) is 15.5. The molecule has 0 bridgehead atoms. The Morgan fingerprint density at radius 2 is 1.60 bits per heavy atom. The lowest BCUT2D eigenvalue weighted by molar-refractivity contribution is -0.168. The first-order chi connectivity index (χ1) is 11.7. The Morgan fingerprint density at radius 3 is 2.16 bits per heavy atom. The van der Waals surface area contributed by atoms with E-state index in [0.717, 1.165) is 32.4 Å². The number of carbonyl (C=O) groups excluding carboxylic acids is 2. The first kappa shape index (κ1) is 19.7. The average molecular weight is 354 g/mol. The van der Waals surface area contributed by atoms with Crippen molar-refractivity contribution in [2.45, 2.75) is 64.5 Å². The van der Waals surface area contributed by atoms with E-state index in [1.165, 1.54) is 0 Å². The highest BCUT2D eigenvalue weighted by molar-refractivity contribution is 6.32. The smallest absolute Gasteiger partial charge is 0.397 e. The number of aliphatic carboxylic acids is 1. The highest BCUT2D eigenvalue weighted by Gasteiger charge is 2.32. The predicted molar refractivity (Wildman–Crippen MR) is 92.0 cm³/mol. The van der Waals surface area contributed by atoms with Gasteiger partial charge in [-0.3, -0.25) is 9.59 Å². The van der Waals surface area contributed by atoms with E-state index < -0.39 is 23.4 Å². The molecule has 2 rings (SSSR count). The zero-order chi connectivity index (χ0) is 18.6. The molecule has 2 saturated heterocycles. The molecule has 0 unspecified atom stereocenters. The van der Waals surface area contributed by atoms with E-state index in [0.29, 0.717) is 32.0 Å². The molecular weight excluding hydrogens is 324 g/mol. The Balaban J connectivity index is 1.85. The van der Waals surface area contributed by atoms with Crippen LogP contribution >= 0.6 is 0 Å². The Bertz CT molecular complexity index is 506. The van der Waals surface area contributed by atoms with Gasteiger partial charge in [0.1, 0.15) is 5.60 Å². The topological polar surface area (TPSA) is 87.2 Å². The highest BCUT2D eigenvalue weighted by Crippen LogP contribution is 2.24. The molecule has 7 nitrogen and oxygen atoms in total. The number of hydrogen-bond acceptors (Lipinski definition) is 5. The van der Waals surface area contributed by atoms with Crippen LogP contribution < -0.4 is 0 Å². The van der Waals surface area contributed by atoms with Gasteiger partial charge in [0.25, 0.3) is 0 Å². The van der Waals surface area contributed by atoms with Crippen molar-refractivity contribution in [1.82, 2.24) is 9.80 Å². The van der Waals surface area contributed by atoms with Crippen molar-refractivity contribution >= 4 is 17.8 Å². The summed E-state index contributed by atoms with van der Waals surface area (Å²) >= 11 is 0. The minimum absolute atomic E-state index is 0.229. The number of carboxylic acids is 1. The van der Waals surface area contributed by atoms with Gasteiger partial charge >= 0.3 is 17.8 Å². The van der Waals surface area contributed by atoms with E-state index in [1.54, 1.807) is 25.7 Å². The second-order valence-corrected chi connectivity index (χ2v) is 8.03. The standard InChI is InChI=1S/C18H30N2O5/c1-18(2,3)25-17(24)15(21)20-9-4-5-14(8-12-20)19-10-6-13(7-11-19)16(22)23/h13-14H,4-12H2,1-3H3,(H,22,23)/t14-/m0/s1. The van der Waals surface area contributed by atoms with Crippen LogP contribution in [0.15, 0.2) is 0 Å². The van der Waals surface area contributed by atoms with Crippen molar-refractivity contribution in [3.8, 4) is 0 Å². The number of carbonyl (C=O) groups is 3. The van der Waals surface area contributed by atoms with Gasteiger partial charge in [0.05, 0.1) is 5.92 Å². The molecule has 2 aliphatic rings. The summed E-state index contributed by atoms with van der Waals surface area (Å²) in [5.41, 5.74) is -0.671. The van der Waals surface area contributed by atoms with E-state index in [9.17, 15) is 14.4 Å². The molecule has 0 saturated carbocycles. The molecule has 7 heteroatoms. The largest absolute Gasteiger partial charge is 0.481 e. The van der Waals surface area contributed by atoms with Gasteiger partial charge in [-0.1, -0.05) is 0 Å². The third-order valence-corrected chi connectivity index (χ3v) is 4.95. The molecule has 0 aromatic rings. The number of nitrogens with zero attached hydrogens (tertiary/aromatic N) is 2. The molecule has 1 amide bonds. The number of ether oxygens (including phenoxy) is 1. The first-order valence-electron chi connectivity index (χ1n) is 9.16. The van der Waals surface area contributed by atoms with E-state index in [1.807, 2.05) is 0 Å². The predicted octanol–water partition coefficient (Wildman–Crippen LogP) is 1.51. The van der Waals surface area contributed by atoms with Crippen molar-refractivity contribution in [3.63, 3.8) is 0 Å². The summed E-state index contributed by atoms with van der Waals surface area (Å²) in [6, 6.07) is 0.353. The normalized spacial score (nSPS) is 23.8. The molecule has 1 atom stereocenters. The van der Waals surface area contributed by atoms with E-state index >= 15 is 0 Å². The minimum Gasteiger partial charge on any atom is -0.481 e. The molecule has 25 heavy (non-hydrogen) atoms. The lowest BCUT2D eigenvalue weighted by atomic mass is 9.94. The van der Waals surface area contributed by atoms with Crippen molar-refractivity contribution < 1.29 is 24.2 Å². The molecule has 0 aromatic carbocycles. The van der Waals surface area contributed by atoms with E-state index in [4.69, 9.17) is 9.84 Å². The number of likely N-dealkylation sites (tertiary alicyclic amines) is 2. The lowest BCUT2D eigenvalue weighted by Gasteiger charge is -2.36. The van der Waals surface area contributed by atoms with Crippen LogP contribution in [0.4, 0.5) is 0 Å². The van der Waals surface area contributed by atoms with Gasteiger partial charge in [-0.05, 0) is 66.0 Å². The molecular formula is C18H30N2O5. The van der Waals surface area contributed by atoms with E-state index in [2.05, 4.69) is 4.90 Å². The van der Waals surface area contributed by atoms with Crippen LogP contribution in [0.1, 0.15) is 52.9 Å².